The molecule has 0 saturated heterocycles. The van der Waals surface area contributed by atoms with Gasteiger partial charge in [-0.3, -0.25) is 14.4 Å². The van der Waals surface area contributed by atoms with Crippen molar-refractivity contribution in [2.24, 2.45) is 11.8 Å². The number of carboxylic acids is 1. The van der Waals surface area contributed by atoms with Gasteiger partial charge in [0.05, 0.1) is 6.10 Å². The standard InChI is InChI=1S/C20H32F2O5/c1-2-3-12-20(21,22)18(25)11-10-15-14(16(23)13-17(15)24)8-6-4-5-7-9-19(26)27/h14-15,17,24H,2-13H2,1H3,(H,26,27)/t14-,15-,17-/m1/s1/i5D2,7D2. The summed E-state index contributed by atoms with van der Waals surface area (Å²) >= 11 is 0. The van der Waals surface area contributed by atoms with Crippen LogP contribution in [0, 0.1) is 11.8 Å². The number of hydrogen-bond donors (Lipinski definition) is 2. The molecule has 1 saturated carbocycles. The van der Waals surface area contributed by atoms with E-state index < -0.39 is 67.6 Å². The van der Waals surface area contributed by atoms with Crippen LogP contribution in [0.25, 0.3) is 0 Å². The van der Waals surface area contributed by atoms with Crippen molar-refractivity contribution in [3.05, 3.63) is 0 Å². The summed E-state index contributed by atoms with van der Waals surface area (Å²) in [5.41, 5.74) is 0. The summed E-state index contributed by atoms with van der Waals surface area (Å²) < 4.78 is 58.8. The minimum Gasteiger partial charge on any atom is -0.481 e. The number of alkyl halides is 2. The average molecular weight is 394 g/mol. The van der Waals surface area contributed by atoms with Crippen LogP contribution in [0.1, 0.15) is 89.4 Å². The summed E-state index contributed by atoms with van der Waals surface area (Å²) in [6.45, 7) is 1.74. The Bertz CT molecular complexity index is 657. The molecule has 0 aromatic carbocycles. The molecule has 0 amide bonds. The number of ketones is 2. The fourth-order valence-corrected chi connectivity index (χ4v) is 3.44. The molecule has 0 aromatic heterocycles. The lowest BCUT2D eigenvalue weighted by Gasteiger charge is -2.22. The third-order valence-electron chi connectivity index (χ3n) is 4.97. The second-order valence-corrected chi connectivity index (χ2v) is 7.09. The van der Waals surface area contributed by atoms with Crippen molar-refractivity contribution in [3.8, 4) is 0 Å². The molecule has 27 heavy (non-hydrogen) atoms. The minimum atomic E-state index is -3.44. The molecule has 1 aliphatic rings. The van der Waals surface area contributed by atoms with Crippen molar-refractivity contribution >= 4 is 17.5 Å². The van der Waals surface area contributed by atoms with Gasteiger partial charge in [-0.05, 0) is 31.6 Å². The molecule has 0 unspecified atom stereocenters. The number of aliphatic carboxylic acids is 1. The first-order valence-electron chi connectivity index (χ1n) is 11.5. The maximum atomic E-state index is 13.9. The van der Waals surface area contributed by atoms with Crippen LogP contribution in [0.2, 0.25) is 0 Å². The Labute approximate surface area is 165 Å². The largest absolute Gasteiger partial charge is 0.481 e. The molecule has 0 radical (unpaired) electrons. The van der Waals surface area contributed by atoms with Gasteiger partial charge in [0, 0.05) is 37.1 Å². The third kappa shape index (κ3) is 8.03. The van der Waals surface area contributed by atoms with Crippen molar-refractivity contribution in [1.29, 1.82) is 0 Å². The van der Waals surface area contributed by atoms with E-state index in [0.717, 1.165) is 0 Å². The van der Waals surface area contributed by atoms with Gasteiger partial charge in [0.2, 0.25) is 5.78 Å². The predicted molar refractivity (Wildman–Crippen MR) is 96.7 cm³/mol. The quantitative estimate of drug-likeness (QED) is 0.462. The van der Waals surface area contributed by atoms with Crippen molar-refractivity contribution < 1.29 is 38.9 Å². The maximum absolute atomic E-state index is 13.9. The molecule has 1 aliphatic carbocycles. The Balaban J connectivity index is 2.69. The van der Waals surface area contributed by atoms with Gasteiger partial charge >= 0.3 is 11.9 Å². The SMILES string of the molecule is [2H]C([2H])(CCC[C@H]1C(=O)C[C@@H](O)[C@@H]1CCC(=O)C(F)(F)CCCC)C([2H])([2H])CC(=O)O. The first kappa shape index (κ1) is 17.7. The third-order valence-corrected chi connectivity index (χ3v) is 4.97. The molecule has 2 N–H and O–H groups in total. The van der Waals surface area contributed by atoms with E-state index >= 15 is 0 Å². The van der Waals surface area contributed by atoms with Crippen LogP contribution in [-0.2, 0) is 14.4 Å². The van der Waals surface area contributed by atoms with Crippen LogP contribution in [0.3, 0.4) is 0 Å². The summed E-state index contributed by atoms with van der Waals surface area (Å²) in [5.74, 6) is -7.84. The molecule has 0 bridgehead atoms. The van der Waals surface area contributed by atoms with Crippen LogP contribution >= 0.6 is 0 Å². The normalized spacial score (nSPS) is 26.2. The zero-order chi connectivity index (χ0) is 24.0. The fraction of sp³-hybridized carbons (Fsp3) is 0.850. The van der Waals surface area contributed by atoms with E-state index in [2.05, 4.69) is 0 Å². The number of halogens is 2. The van der Waals surface area contributed by atoms with E-state index in [1.165, 1.54) is 0 Å². The first-order chi connectivity index (χ1) is 14.1. The number of rotatable bonds is 14. The molecule has 0 spiro atoms. The molecule has 5 nitrogen and oxygen atoms in total. The molecule has 156 valence electrons. The molecule has 1 rings (SSSR count). The summed E-state index contributed by atoms with van der Waals surface area (Å²) in [6, 6.07) is 0. The second-order valence-electron chi connectivity index (χ2n) is 7.09. The zero-order valence-electron chi connectivity index (χ0n) is 19.7. The highest BCUT2D eigenvalue weighted by atomic mass is 19.3. The Morgan fingerprint density at radius 1 is 1.19 bits per heavy atom. The van der Waals surface area contributed by atoms with E-state index in [0.29, 0.717) is 6.42 Å². The number of aliphatic hydroxyl groups is 1. The Morgan fingerprint density at radius 3 is 2.52 bits per heavy atom. The molecule has 0 aliphatic heterocycles. The molecule has 0 heterocycles. The Morgan fingerprint density at radius 2 is 1.89 bits per heavy atom. The number of Topliss-reactive ketones (excluding diaryl/α,β-unsaturated/α-hetero) is 2. The first-order valence-corrected chi connectivity index (χ1v) is 9.48. The van der Waals surface area contributed by atoms with Crippen LogP contribution in [-0.4, -0.2) is 39.8 Å². The number of carboxylic acid groups (broad SMARTS) is 1. The summed E-state index contributed by atoms with van der Waals surface area (Å²) in [7, 11) is 0. The molecule has 7 heteroatoms. The average Bonchev–Trinajstić information content (AvgIpc) is 2.89. The molecule has 1 fully saturated rings. The van der Waals surface area contributed by atoms with E-state index in [4.69, 9.17) is 10.6 Å². The van der Waals surface area contributed by atoms with Gasteiger partial charge < -0.3 is 10.2 Å². The lowest BCUT2D eigenvalue weighted by atomic mass is 9.85. The van der Waals surface area contributed by atoms with Crippen molar-refractivity contribution in [1.82, 2.24) is 0 Å². The smallest absolute Gasteiger partial charge is 0.305 e. The highest BCUT2D eigenvalue weighted by Gasteiger charge is 2.43. The van der Waals surface area contributed by atoms with E-state index in [1.54, 1.807) is 6.92 Å². The van der Waals surface area contributed by atoms with Crippen LogP contribution in [0.4, 0.5) is 8.78 Å². The van der Waals surface area contributed by atoms with Gasteiger partial charge in [-0.1, -0.05) is 32.6 Å². The zero-order valence-corrected chi connectivity index (χ0v) is 15.7. The Hall–Kier alpha value is -1.37. The highest BCUT2D eigenvalue weighted by Crippen LogP contribution is 2.37. The van der Waals surface area contributed by atoms with Crippen LogP contribution in [0.5, 0.6) is 0 Å². The maximum Gasteiger partial charge on any atom is 0.305 e. The van der Waals surface area contributed by atoms with E-state index in [1.807, 2.05) is 0 Å². The minimum absolute atomic E-state index is 0.0480. The number of hydrogen-bond acceptors (Lipinski definition) is 4. The topological polar surface area (TPSA) is 91.7 Å². The molecule has 3 atom stereocenters. The molecule has 0 aromatic rings. The van der Waals surface area contributed by atoms with Crippen molar-refractivity contribution in [2.45, 2.75) is 95.9 Å². The van der Waals surface area contributed by atoms with Gasteiger partial charge in [-0.15, -0.1) is 0 Å². The van der Waals surface area contributed by atoms with Gasteiger partial charge in [-0.2, -0.15) is 8.78 Å². The predicted octanol–water partition coefficient (Wildman–Crippen LogP) is 4.15. The monoisotopic (exact) mass is 394 g/mol. The van der Waals surface area contributed by atoms with Crippen molar-refractivity contribution in [3.63, 3.8) is 0 Å². The van der Waals surface area contributed by atoms with E-state index in [-0.39, 0.29) is 44.3 Å². The summed E-state index contributed by atoms with van der Waals surface area (Å²) in [5, 5.41) is 18.9. The van der Waals surface area contributed by atoms with Crippen molar-refractivity contribution in [2.75, 3.05) is 0 Å². The Kier molecular flexibility index (Phi) is 7.52. The van der Waals surface area contributed by atoms with Crippen LogP contribution < -0.4 is 0 Å². The van der Waals surface area contributed by atoms with E-state index in [9.17, 15) is 28.3 Å². The fourth-order valence-electron chi connectivity index (χ4n) is 3.44. The van der Waals surface area contributed by atoms with Gasteiger partial charge in [-0.25, -0.2) is 0 Å². The molecular weight excluding hydrogens is 358 g/mol. The number of aliphatic hydroxyl groups excluding tert-OH is 1. The van der Waals surface area contributed by atoms with Crippen LogP contribution in [0.15, 0.2) is 0 Å². The highest BCUT2D eigenvalue weighted by molar-refractivity contribution is 5.86. The number of carbonyl (C=O) groups is 3. The number of carbonyl (C=O) groups excluding carboxylic acids is 2. The number of unbranched alkanes of at least 4 members (excludes halogenated alkanes) is 1. The lowest BCUT2D eigenvalue weighted by Crippen LogP contribution is -2.30. The van der Waals surface area contributed by atoms with Gasteiger partial charge in [0.1, 0.15) is 5.78 Å². The van der Waals surface area contributed by atoms with Gasteiger partial charge in [0.25, 0.3) is 0 Å². The molecular formula is C20H32F2O5. The lowest BCUT2D eigenvalue weighted by molar-refractivity contribution is -0.144. The second kappa shape index (κ2) is 11.5. The summed E-state index contributed by atoms with van der Waals surface area (Å²) in [4.78, 5) is 34.9. The summed E-state index contributed by atoms with van der Waals surface area (Å²) in [6.07, 6.45) is -7.82. The van der Waals surface area contributed by atoms with Gasteiger partial charge in [0.15, 0.2) is 0 Å².